The van der Waals surface area contributed by atoms with Gasteiger partial charge in [-0.05, 0) is 170 Å². The molecule has 3 aliphatic rings. The van der Waals surface area contributed by atoms with Gasteiger partial charge in [-0.2, -0.15) is 0 Å². The van der Waals surface area contributed by atoms with E-state index in [9.17, 15) is 0 Å². The average Bonchev–Trinajstić information content (AvgIpc) is 1.52. The maximum absolute atomic E-state index is 5.22. The maximum atomic E-state index is 5.22. The Bertz CT molecular complexity index is 6050. The molecule has 20 rings (SSSR count). The standard InChI is InChI=1S/C97H64N4/c1-96(2)81-59-68(51-55-74(81)75-56-52-69(60-82(75)96)95-99-93(66-37-17-7-18-38-66)98-94(100-95)67-39-19-8-20-40-67)90-88(64-35-15-6-16-36-64)86(62-31-11-4-12-32-62)85(61-29-9-3-10-30-61)87(63-33-13-5-14-34-63)89(90)65-49-53-70(54-50-65)101-83-48-28-24-44-77(83)91-84(101)58-57-76-73-43-23-27-47-80(73)97(92(76)91)78-45-25-21-41-71(78)72-42-22-26-46-79(72)97/h3-60H,1-2H3. The van der Waals surface area contributed by atoms with E-state index in [0.717, 1.165) is 66.9 Å². The summed E-state index contributed by atoms with van der Waals surface area (Å²) in [5.41, 5.74) is 34.6. The van der Waals surface area contributed by atoms with Gasteiger partial charge in [0, 0.05) is 38.6 Å². The lowest BCUT2D eigenvalue weighted by Crippen LogP contribution is -2.26. The average molecular weight is 1290 g/mol. The Morgan fingerprint density at radius 3 is 1.01 bits per heavy atom. The normalized spacial score (nSPS) is 13.2. The summed E-state index contributed by atoms with van der Waals surface area (Å²) in [5, 5.41) is 2.52. The van der Waals surface area contributed by atoms with Crippen molar-refractivity contribution in [3.05, 3.63) is 385 Å². The van der Waals surface area contributed by atoms with E-state index in [1.54, 1.807) is 0 Å². The highest BCUT2D eigenvalue weighted by molar-refractivity contribution is 6.18. The van der Waals surface area contributed by atoms with Gasteiger partial charge >= 0.3 is 0 Å². The molecule has 0 unspecified atom stereocenters. The number of para-hydroxylation sites is 1. The van der Waals surface area contributed by atoms with E-state index in [-0.39, 0.29) is 0 Å². The number of hydrogen-bond donors (Lipinski definition) is 0. The summed E-state index contributed by atoms with van der Waals surface area (Å²) in [4.78, 5) is 15.5. The molecule has 0 aliphatic heterocycles. The van der Waals surface area contributed by atoms with E-state index in [2.05, 4.69) is 334 Å². The predicted octanol–water partition coefficient (Wildman–Crippen LogP) is 24.6. The molecule has 472 valence electrons. The lowest BCUT2D eigenvalue weighted by atomic mass is 9.69. The molecule has 2 heterocycles. The summed E-state index contributed by atoms with van der Waals surface area (Å²) in [6, 6.07) is 130. The Morgan fingerprint density at radius 1 is 0.238 bits per heavy atom. The third-order valence-electron chi connectivity index (χ3n) is 21.9. The van der Waals surface area contributed by atoms with Gasteiger partial charge in [0.1, 0.15) is 0 Å². The van der Waals surface area contributed by atoms with Crippen molar-refractivity contribution in [3.63, 3.8) is 0 Å². The minimum absolute atomic E-state index is 0.438. The van der Waals surface area contributed by atoms with Crippen LogP contribution in [0.3, 0.4) is 0 Å². The molecule has 17 aromatic rings. The zero-order valence-electron chi connectivity index (χ0n) is 55.8. The number of nitrogens with zero attached hydrogens (tertiary/aromatic N) is 4. The van der Waals surface area contributed by atoms with Crippen LogP contribution in [0.15, 0.2) is 352 Å². The molecule has 0 bridgehead atoms. The maximum Gasteiger partial charge on any atom is 0.164 e. The summed E-state index contributed by atoms with van der Waals surface area (Å²) in [6.07, 6.45) is 0. The molecule has 0 radical (unpaired) electrons. The summed E-state index contributed by atoms with van der Waals surface area (Å²) < 4.78 is 2.53. The quantitative estimate of drug-likeness (QED) is 0.137. The SMILES string of the molecule is CC1(C)c2cc(-c3nc(-c4ccccc4)nc(-c4ccccc4)n3)ccc2-c2ccc(-c3c(-c4ccccc4)c(-c4ccccc4)c(-c4ccccc4)c(-c4ccccc4)c3-c3ccc(-n4c5ccccc5c5c6c(ccc54)-c4ccccc4C64c5ccccc5-c5ccccc54)cc3)cc21. The third kappa shape index (κ3) is 8.78. The van der Waals surface area contributed by atoms with E-state index in [4.69, 9.17) is 15.0 Å². The van der Waals surface area contributed by atoms with Crippen LogP contribution in [0.25, 0.3) is 162 Å². The first-order chi connectivity index (χ1) is 49.9. The topological polar surface area (TPSA) is 43.6 Å². The van der Waals surface area contributed by atoms with E-state index in [1.165, 1.54) is 111 Å². The fraction of sp³-hybridized carbons (Fsp3) is 0.0412. The van der Waals surface area contributed by atoms with Crippen molar-refractivity contribution in [1.82, 2.24) is 19.5 Å². The zero-order valence-corrected chi connectivity index (χ0v) is 55.8. The van der Waals surface area contributed by atoms with Crippen LogP contribution in [0.1, 0.15) is 47.2 Å². The molecule has 101 heavy (non-hydrogen) atoms. The van der Waals surface area contributed by atoms with Crippen molar-refractivity contribution in [2.75, 3.05) is 0 Å². The van der Waals surface area contributed by atoms with Gasteiger partial charge in [-0.25, -0.2) is 15.0 Å². The summed E-state index contributed by atoms with van der Waals surface area (Å²) in [5.74, 6) is 1.92. The van der Waals surface area contributed by atoms with Gasteiger partial charge in [0.15, 0.2) is 17.5 Å². The second kappa shape index (κ2) is 22.9. The monoisotopic (exact) mass is 1280 g/mol. The molecule has 0 amide bonds. The first kappa shape index (κ1) is 58.3. The lowest BCUT2D eigenvalue weighted by Gasteiger charge is -2.31. The highest BCUT2D eigenvalue weighted by atomic mass is 15.0. The molecule has 2 aromatic heterocycles. The molecule has 1 spiro atoms. The minimum atomic E-state index is -0.519. The summed E-state index contributed by atoms with van der Waals surface area (Å²) in [6.45, 7) is 4.77. The predicted molar refractivity (Wildman–Crippen MR) is 417 cm³/mol. The van der Waals surface area contributed by atoms with E-state index < -0.39 is 10.8 Å². The van der Waals surface area contributed by atoms with Crippen LogP contribution in [-0.2, 0) is 10.8 Å². The molecule has 0 N–H and O–H groups in total. The molecule has 3 aliphatic carbocycles. The van der Waals surface area contributed by atoms with E-state index in [0.29, 0.717) is 17.5 Å². The van der Waals surface area contributed by atoms with Crippen LogP contribution in [0.4, 0.5) is 0 Å². The molecular formula is C97H64N4. The second-order valence-corrected chi connectivity index (χ2v) is 27.6. The molecule has 4 heteroatoms. The molecule has 0 saturated carbocycles. The van der Waals surface area contributed by atoms with Gasteiger partial charge in [0.25, 0.3) is 0 Å². The fourth-order valence-electron chi connectivity index (χ4n) is 17.6. The van der Waals surface area contributed by atoms with Crippen LogP contribution in [0, 0.1) is 0 Å². The number of fused-ring (bicyclic) bond motifs is 17. The highest BCUT2D eigenvalue weighted by Crippen LogP contribution is 2.65. The van der Waals surface area contributed by atoms with E-state index in [1.807, 2.05) is 36.4 Å². The number of aromatic nitrogens is 4. The molecule has 0 saturated heterocycles. The van der Waals surface area contributed by atoms with Crippen LogP contribution in [0.5, 0.6) is 0 Å². The first-order valence-electron chi connectivity index (χ1n) is 35.0. The Hall–Kier alpha value is -12.9. The van der Waals surface area contributed by atoms with Crippen molar-refractivity contribution >= 4 is 21.8 Å². The smallest absolute Gasteiger partial charge is 0.164 e. The number of hydrogen-bond acceptors (Lipinski definition) is 3. The van der Waals surface area contributed by atoms with Crippen LogP contribution < -0.4 is 0 Å². The Labute approximate surface area is 587 Å². The number of rotatable bonds is 10. The van der Waals surface area contributed by atoms with Crippen molar-refractivity contribution in [2.24, 2.45) is 0 Å². The van der Waals surface area contributed by atoms with Gasteiger partial charge in [0.05, 0.1) is 16.4 Å². The summed E-state index contributed by atoms with van der Waals surface area (Å²) >= 11 is 0. The van der Waals surface area contributed by atoms with Gasteiger partial charge < -0.3 is 4.57 Å². The van der Waals surface area contributed by atoms with Gasteiger partial charge in [-0.15, -0.1) is 0 Å². The zero-order chi connectivity index (χ0) is 66.9. The van der Waals surface area contributed by atoms with Crippen molar-refractivity contribution in [2.45, 2.75) is 24.7 Å². The molecule has 4 nitrogen and oxygen atoms in total. The number of benzene rings is 15. The fourth-order valence-corrected chi connectivity index (χ4v) is 17.6. The largest absolute Gasteiger partial charge is 0.309 e. The summed E-state index contributed by atoms with van der Waals surface area (Å²) in [7, 11) is 0. The molecule has 0 fully saturated rings. The van der Waals surface area contributed by atoms with Crippen LogP contribution in [0.2, 0.25) is 0 Å². The van der Waals surface area contributed by atoms with Crippen LogP contribution >= 0.6 is 0 Å². The van der Waals surface area contributed by atoms with Crippen molar-refractivity contribution < 1.29 is 0 Å². The highest BCUT2D eigenvalue weighted by Gasteiger charge is 2.53. The van der Waals surface area contributed by atoms with Gasteiger partial charge in [-0.1, -0.05) is 329 Å². The van der Waals surface area contributed by atoms with Crippen LogP contribution in [-0.4, -0.2) is 19.5 Å². The lowest BCUT2D eigenvalue weighted by molar-refractivity contribution is 0.661. The molecule has 0 atom stereocenters. The van der Waals surface area contributed by atoms with Crippen molar-refractivity contribution in [3.8, 4) is 140 Å². The Morgan fingerprint density at radius 2 is 0.554 bits per heavy atom. The Balaban J connectivity index is 0.827. The van der Waals surface area contributed by atoms with Crippen molar-refractivity contribution in [1.29, 1.82) is 0 Å². The Kier molecular flexibility index (Phi) is 13.2. The van der Waals surface area contributed by atoms with Gasteiger partial charge in [-0.3, -0.25) is 0 Å². The first-order valence-corrected chi connectivity index (χ1v) is 35.0. The second-order valence-electron chi connectivity index (χ2n) is 27.6. The third-order valence-corrected chi connectivity index (χ3v) is 21.9. The minimum Gasteiger partial charge on any atom is -0.309 e. The van der Waals surface area contributed by atoms with Gasteiger partial charge in [0.2, 0.25) is 0 Å². The molecular weight excluding hydrogens is 1220 g/mol. The van der Waals surface area contributed by atoms with E-state index >= 15 is 0 Å². The molecule has 15 aromatic carbocycles.